The maximum atomic E-state index is 12.5. The van der Waals surface area contributed by atoms with E-state index in [1.807, 2.05) is 30.3 Å². The Hall–Kier alpha value is -3.19. The number of carbonyl (C=O) groups is 3. The minimum absolute atomic E-state index is 0.149. The first-order valence-electron chi connectivity index (χ1n) is 9.13. The van der Waals surface area contributed by atoms with Crippen molar-refractivity contribution in [1.82, 2.24) is 0 Å². The normalized spacial score (nSPS) is 12.0. The van der Waals surface area contributed by atoms with E-state index in [0.717, 1.165) is 5.56 Å². The third kappa shape index (κ3) is 7.04. The van der Waals surface area contributed by atoms with Gasteiger partial charge in [-0.3, -0.25) is 4.79 Å². The molecule has 1 atom stereocenters. The first kappa shape index (κ1) is 22.1. The summed E-state index contributed by atoms with van der Waals surface area (Å²) in [6.45, 7) is 4.90. The highest BCUT2D eigenvalue weighted by Crippen LogP contribution is 2.23. The second kappa shape index (κ2) is 9.84. The Morgan fingerprint density at radius 3 is 2.14 bits per heavy atom. The van der Waals surface area contributed by atoms with Crippen LogP contribution in [0, 0.1) is 0 Å². The molecule has 0 fully saturated rings. The number of hydrogen-bond acceptors (Lipinski definition) is 7. The molecule has 0 radical (unpaired) electrons. The SMILES string of the molecule is CC(C)(C)OC(=O)[C@H](OC(=O)CN)c1ccc(C(=O)OCc2ccccc2)cc1. The van der Waals surface area contributed by atoms with Crippen molar-refractivity contribution in [3.05, 3.63) is 71.3 Å². The standard InChI is InChI=1S/C22H25NO6/c1-22(2,3)29-21(26)19(28-18(24)13-23)16-9-11-17(12-10-16)20(25)27-14-15-7-5-4-6-8-15/h4-12,19H,13-14,23H2,1-3H3/t19-/m1/s1. The Kier molecular flexibility index (Phi) is 7.50. The Labute approximate surface area is 169 Å². The van der Waals surface area contributed by atoms with E-state index in [4.69, 9.17) is 19.9 Å². The van der Waals surface area contributed by atoms with E-state index >= 15 is 0 Å². The average molecular weight is 399 g/mol. The molecule has 0 amide bonds. The van der Waals surface area contributed by atoms with Gasteiger partial charge in [0, 0.05) is 5.56 Å². The lowest BCUT2D eigenvalue weighted by molar-refractivity contribution is -0.175. The van der Waals surface area contributed by atoms with Crippen molar-refractivity contribution in [2.45, 2.75) is 39.1 Å². The fourth-order valence-electron chi connectivity index (χ4n) is 2.39. The molecule has 0 spiro atoms. The molecule has 0 aliphatic carbocycles. The predicted molar refractivity (Wildman–Crippen MR) is 106 cm³/mol. The van der Waals surface area contributed by atoms with Crippen LogP contribution in [0.2, 0.25) is 0 Å². The fraction of sp³-hybridized carbons (Fsp3) is 0.318. The van der Waals surface area contributed by atoms with Gasteiger partial charge in [-0.1, -0.05) is 42.5 Å². The molecule has 2 rings (SSSR count). The first-order chi connectivity index (χ1) is 13.7. The topological polar surface area (TPSA) is 105 Å². The highest BCUT2D eigenvalue weighted by atomic mass is 16.6. The van der Waals surface area contributed by atoms with Crippen LogP contribution >= 0.6 is 0 Å². The van der Waals surface area contributed by atoms with Crippen molar-refractivity contribution in [3.63, 3.8) is 0 Å². The van der Waals surface area contributed by atoms with Crippen LogP contribution in [0.5, 0.6) is 0 Å². The minimum Gasteiger partial charge on any atom is -0.457 e. The molecule has 0 saturated carbocycles. The third-order valence-electron chi connectivity index (χ3n) is 3.70. The van der Waals surface area contributed by atoms with Crippen LogP contribution in [0.25, 0.3) is 0 Å². The lowest BCUT2D eigenvalue weighted by Crippen LogP contribution is -2.31. The second-order valence-corrected chi connectivity index (χ2v) is 7.29. The number of hydrogen-bond donors (Lipinski definition) is 1. The summed E-state index contributed by atoms with van der Waals surface area (Å²) in [5.41, 5.74) is 6.06. The molecule has 154 valence electrons. The van der Waals surface area contributed by atoms with Gasteiger partial charge < -0.3 is 19.9 Å². The van der Waals surface area contributed by atoms with Gasteiger partial charge in [-0.15, -0.1) is 0 Å². The lowest BCUT2D eigenvalue weighted by Gasteiger charge is -2.24. The molecule has 0 aliphatic rings. The molecule has 0 aromatic heterocycles. The molecule has 7 heteroatoms. The Balaban J connectivity index is 2.11. The van der Waals surface area contributed by atoms with E-state index in [1.54, 1.807) is 20.8 Å². The number of ether oxygens (including phenoxy) is 3. The van der Waals surface area contributed by atoms with Crippen LogP contribution in [-0.2, 0) is 30.4 Å². The molecule has 7 nitrogen and oxygen atoms in total. The number of benzene rings is 2. The monoisotopic (exact) mass is 399 g/mol. The summed E-state index contributed by atoms with van der Waals surface area (Å²) >= 11 is 0. The summed E-state index contributed by atoms with van der Waals surface area (Å²) in [7, 11) is 0. The number of rotatable bonds is 7. The lowest BCUT2D eigenvalue weighted by atomic mass is 10.1. The van der Waals surface area contributed by atoms with E-state index in [2.05, 4.69) is 0 Å². The number of nitrogens with two attached hydrogens (primary N) is 1. The molecule has 0 heterocycles. The minimum atomic E-state index is -1.28. The van der Waals surface area contributed by atoms with Crippen molar-refractivity contribution >= 4 is 17.9 Å². The molecular weight excluding hydrogens is 374 g/mol. The van der Waals surface area contributed by atoms with Gasteiger partial charge in [0.25, 0.3) is 0 Å². The van der Waals surface area contributed by atoms with Crippen LogP contribution in [-0.4, -0.2) is 30.1 Å². The van der Waals surface area contributed by atoms with E-state index in [0.29, 0.717) is 11.1 Å². The molecule has 0 unspecified atom stereocenters. The Morgan fingerprint density at radius 2 is 1.59 bits per heavy atom. The molecule has 0 saturated heterocycles. The van der Waals surface area contributed by atoms with Crippen molar-refractivity contribution < 1.29 is 28.6 Å². The van der Waals surface area contributed by atoms with E-state index in [1.165, 1.54) is 24.3 Å². The summed E-state index contributed by atoms with van der Waals surface area (Å²) in [6, 6.07) is 15.3. The van der Waals surface area contributed by atoms with Gasteiger partial charge in [-0.25, -0.2) is 9.59 Å². The zero-order chi connectivity index (χ0) is 21.4. The van der Waals surface area contributed by atoms with Crippen LogP contribution < -0.4 is 5.73 Å². The maximum Gasteiger partial charge on any atom is 0.352 e. The quantitative estimate of drug-likeness (QED) is 0.564. The summed E-state index contributed by atoms with van der Waals surface area (Å²) in [4.78, 5) is 36.3. The molecule has 2 aromatic carbocycles. The molecule has 29 heavy (non-hydrogen) atoms. The van der Waals surface area contributed by atoms with Crippen LogP contribution in [0.4, 0.5) is 0 Å². The van der Waals surface area contributed by atoms with Crippen LogP contribution in [0.1, 0.15) is 48.4 Å². The summed E-state index contributed by atoms with van der Waals surface area (Å²) in [5.74, 6) is -1.97. The fourth-order valence-corrected chi connectivity index (χ4v) is 2.39. The number of esters is 3. The molecular formula is C22H25NO6. The van der Waals surface area contributed by atoms with Gasteiger partial charge in [0.1, 0.15) is 12.2 Å². The Bertz CT molecular complexity index is 840. The van der Waals surface area contributed by atoms with E-state index in [-0.39, 0.29) is 13.2 Å². The van der Waals surface area contributed by atoms with Crippen molar-refractivity contribution in [3.8, 4) is 0 Å². The first-order valence-corrected chi connectivity index (χ1v) is 9.13. The zero-order valence-corrected chi connectivity index (χ0v) is 16.7. The van der Waals surface area contributed by atoms with E-state index in [9.17, 15) is 14.4 Å². The summed E-state index contributed by atoms with van der Waals surface area (Å²) < 4.78 is 15.7. The van der Waals surface area contributed by atoms with Crippen molar-refractivity contribution in [2.75, 3.05) is 6.54 Å². The van der Waals surface area contributed by atoms with Gasteiger partial charge in [0.05, 0.1) is 12.1 Å². The molecule has 0 bridgehead atoms. The zero-order valence-electron chi connectivity index (χ0n) is 16.7. The van der Waals surface area contributed by atoms with Crippen LogP contribution in [0.3, 0.4) is 0 Å². The van der Waals surface area contributed by atoms with Gasteiger partial charge in [-0.05, 0) is 38.5 Å². The molecule has 2 N–H and O–H groups in total. The van der Waals surface area contributed by atoms with Crippen molar-refractivity contribution in [2.24, 2.45) is 5.73 Å². The summed E-state index contributed by atoms with van der Waals surface area (Å²) in [5, 5.41) is 0. The maximum absolute atomic E-state index is 12.5. The second-order valence-electron chi connectivity index (χ2n) is 7.29. The van der Waals surface area contributed by atoms with Gasteiger partial charge >= 0.3 is 17.9 Å². The van der Waals surface area contributed by atoms with Crippen LogP contribution in [0.15, 0.2) is 54.6 Å². The van der Waals surface area contributed by atoms with Gasteiger partial charge in [0.2, 0.25) is 6.10 Å². The summed E-state index contributed by atoms with van der Waals surface area (Å²) in [6.07, 6.45) is -1.28. The smallest absolute Gasteiger partial charge is 0.352 e. The average Bonchev–Trinajstić information content (AvgIpc) is 2.69. The highest BCUT2D eigenvalue weighted by molar-refractivity contribution is 5.89. The molecule has 0 aliphatic heterocycles. The predicted octanol–water partition coefficient (Wildman–Crippen LogP) is 2.93. The number of carbonyl (C=O) groups excluding carboxylic acids is 3. The van der Waals surface area contributed by atoms with E-state index < -0.39 is 29.6 Å². The molecule has 2 aromatic rings. The Morgan fingerprint density at radius 1 is 0.966 bits per heavy atom. The highest BCUT2D eigenvalue weighted by Gasteiger charge is 2.30. The van der Waals surface area contributed by atoms with Crippen molar-refractivity contribution in [1.29, 1.82) is 0 Å². The van der Waals surface area contributed by atoms with Gasteiger partial charge in [0.15, 0.2) is 0 Å². The third-order valence-corrected chi connectivity index (χ3v) is 3.70. The largest absolute Gasteiger partial charge is 0.457 e. The van der Waals surface area contributed by atoms with Gasteiger partial charge in [-0.2, -0.15) is 0 Å².